The number of halogens is 1. The number of rotatable bonds is 4. The average Bonchev–Trinajstić information content (AvgIpc) is 3.07. The highest BCUT2D eigenvalue weighted by Crippen LogP contribution is 2.26. The minimum atomic E-state index is 0.502. The number of nitrogens with zero attached hydrogens (tertiary/aromatic N) is 2. The molecule has 1 heterocycles. The van der Waals surface area contributed by atoms with Crippen molar-refractivity contribution in [3.63, 3.8) is 0 Å². The lowest BCUT2D eigenvalue weighted by molar-refractivity contribution is 0.122. The lowest BCUT2D eigenvalue weighted by atomic mass is 10.1. The van der Waals surface area contributed by atoms with Gasteiger partial charge in [-0.25, -0.2) is 4.99 Å². The summed E-state index contributed by atoms with van der Waals surface area (Å²) in [5, 5.41) is 3.34. The zero-order chi connectivity index (χ0) is 16.1. The topological polar surface area (TPSA) is 62.9 Å². The molecule has 1 aliphatic carbocycles. The maximum absolute atomic E-state index is 6.06. The Labute approximate surface area is 146 Å². The first-order valence-electron chi connectivity index (χ1n) is 8.40. The average molecular weight is 381 g/mol. The van der Waals surface area contributed by atoms with Crippen molar-refractivity contribution in [2.24, 2.45) is 10.7 Å². The Bertz CT molecular complexity index is 552. The highest BCUT2D eigenvalue weighted by atomic mass is 79.9. The van der Waals surface area contributed by atoms with Crippen molar-refractivity contribution in [3.8, 4) is 0 Å². The van der Waals surface area contributed by atoms with Gasteiger partial charge in [-0.05, 0) is 30.5 Å². The maximum atomic E-state index is 6.06. The minimum Gasteiger partial charge on any atom is -0.378 e. The Hall–Kier alpha value is -1.27. The fourth-order valence-corrected chi connectivity index (χ4v) is 3.61. The van der Waals surface area contributed by atoms with Crippen LogP contribution < -0.4 is 16.0 Å². The quantitative estimate of drug-likeness (QED) is 0.622. The molecule has 3 N–H and O–H groups in total. The van der Waals surface area contributed by atoms with E-state index in [4.69, 9.17) is 10.5 Å². The molecule has 0 atom stereocenters. The van der Waals surface area contributed by atoms with Gasteiger partial charge in [0, 0.05) is 29.3 Å². The monoisotopic (exact) mass is 380 g/mol. The number of nitrogens with one attached hydrogen (secondary N) is 1. The Morgan fingerprint density at radius 2 is 2.04 bits per heavy atom. The number of morpholine rings is 1. The molecule has 0 spiro atoms. The number of guanidine groups is 1. The van der Waals surface area contributed by atoms with Crippen molar-refractivity contribution in [1.29, 1.82) is 0 Å². The molecule has 6 heteroatoms. The zero-order valence-electron chi connectivity index (χ0n) is 13.4. The van der Waals surface area contributed by atoms with Crippen LogP contribution in [0.25, 0.3) is 0 Å². The van der Waals surface area contributed by atoms with Gasteiger partial charge in [0.1, 0.15) is 0 Å². The van der Waals surface area contributed by atoms with Crippen molar-refractivity contribution in [2.45, 2.75) is 38.3 Å². The predicted molar refractivity (Wildman–Crippen MR) is 97.9 cm³/mol. The van der Waals surface area contributed by atoms with Crippen LogP contribution in [0.1, 0.15) is 31.2 Å². The third-order valence-corrected chi connectivity index (χ3v) is 5.02. The van der Waals surface area contributed by atoms with Crippen LogP contribution >= 0.6 is 15.9 Å². The van der Waals surface area contributed by atoms with Crippen LogP contribution in [0.4, 0.5) is 5.69 Å². The maximum Gasteiger partial charge on any atom is 0.189 e. The summed E-state index contributed by atoms with van der Waals surface area (Å²) < 4.78 is 6.54. The summed E-state index contributed by atoms with van der Waals surface area (Å²) in [6.45, 7) is 4.00. The van der Waals surface area contributed by atoms with E-state index in [0.29, 0.717) is 18.5 Å². The van der Waals surface area contributed by atoms with Gasteiger partial charge in [-0.15, -0.1) is 0 Å². The second-order valence-corrected chi connectivity index (χ2v) is 7.12. The van der Waals surface area contributed by atoms with E-state index in [0.717, 1.165) is 30.8 Å². The van der Waals surface area contributed by atoms with E-state index in [1.807, 2.05) is 0 Å². The van der Waals surface area contributed by atoms with E-state index >= 15 is 0 Å². The Morgan fingerprint density at radius 1 is 1.30 bits per heavy atom. The van der Waals surface area contributed by atoms with Gasteiger partial charge in [-0.2, -0.15) is 0 Å². The van der Waals surface area contributed by atoms with Gasteiger partial charge in [0.05, 0.1) is 19.8 Å². The third kappa shape index (κ3) is 4.61. The minimum absolute atomic E-state index is 0.502. The van der Waals surface area contributed by atoms with Crippen molar-refractivity contribution >= 4 is 27.6 Å². The number of hydrogen-bond donors (Lipinski definition) is 2. The first-order valence-corrected chi connectivity index (χ1v) is 9.19. The molecule has 1 saturated carbocycles. The number of benzene rings is 1. The van der Waals surface area contributed by atoms with Crippen molar-refractivity contribution in [3.05, 3.63) is 28.2 Å². The largest absolute Gasteiger partial charge is 0.378 e. The summed E-state index contributed by atoms with van der Waals surface area (Å²) in [6.07, 6.45) is 4.98. The standard InChI is InChI=1S/C17H25BrN4O/c18-14-6-5-13(16(11-14)22-7-9-23-10-8-22)12-20-17(19)21-15-3-1-2-4-15/h5-6,11,15H,1-4,7-10,12H2,(H3,19,20,21). The van der Waals surface area contributed by atoms with Gasteiger partial charge in [-0.3, -0.25) is 0 Å². The van der Waals surface area contributed by atoms with Crippen LogP contribution in [0.15, 0.2) is 27.7 Å². The second-order valence-electron chi connectivity index (χ2n) is 6.20. The fraction of sp³-hybridized carbons (Fsp3) is 0.588. The van der Waals surface area contributed by atoms with E-state index in [2.05, 4.69) is 49.3 Å². The molecule has 1 aliphatic heterocycles. The number of ether oxygens (including phenoxy) is 1. The molecule has 0 radical (unpaired) electrons. The van der Waals surface area contributed by atoms with Gasteiger partial charge in [0.15, 0.2) is 5.96 Å². The molecule has 3 rings (SSSR count). The van der Waals surface area contributed by atoms with Crippen LogP contribution in [0.5, 0.6) is 0 Å². The highest BCUT2D eigenvalue weighted by Gasteiger charge is 2.16. The lowest BCUT2D eigenvalue weighted by Crippen LogP contribution is -2.38. The van der Waals surface area contributed by atoms with Gasteiger partial charge in [0.25, 0.3) is 0 Å². The van der Waals surface area contributed by atoms with E-state index in [1.54, 1.807) is 0 Å². The highest BCUT2D eigenvalue weighted by molar-refractivity contribution is 9.10. The van der Waals surface area contributed by atoms with Crippen LogP contribution in [-0.2, 0) is 11.3 Å². The van der Waals surface area contributed by atoms with Gasteiger partial charge in [0.2, 0.25) is 0 Å². The summed E-state index contributed by atoms with van der Waals surface area (Å²) in [5.41, 5.74) is 8.48. The summed E-state index contributed by atoms with van der Waals surface area (Å²) in [7, 11) is 0. The van der Waals surface area contributed by atoms with Gasteiger partial charge >= 0.3 is 0 Å². The lowest BCUT2D eigenvalue weighted by Gasteiger charge is -2.30. The van der Waals surface area contributed by atoms with E-state index in [1.165, 1.54) is 36.9 Å². The van der Waals surface area contributed by atoms with E-state index in [9.17, 15) is 0 Å². The van der Waals surface area contributed by atoms with Crippen LogP contribution in [0, 0.1) is 0 Å². The summed E-state index contributed by atoms with van der Waals surface area (Å²) in [4.78, 5) is 6.91. The molecule has 0 bridgehead atoms. The van der Waals surface area contributed by atoms with Crippen molar-refractivity contribution in [1.82, 2.24) is 5.32 Å². The number of nitrogens with two attached hydrogens (primary N) is 1. The summed E-state index contributed by atoms with van der Waals surface area (Å²) in [5.74, 6) is 0.563. The molecular weight excluding hydrogens is 356 g/mol. The predicted octanol–water partition coefficient (Wildman–Crippen LogP) is 2.63. The normalized spacial score (nSPS) is 20.0. The SMILES string of the molecule is NC(=NCc1ccc(Br)cc1N1CCOCC1)NC1CCCC1. The molecule has 1 aromatic carbocycles. The molecule has 0 amide bonds. The summed E-state index contributed by atoms with van der Waals surface area (Å²) >= 11 is 3.57. The molecule has 5 nitrogen and oxygen atoms in total. The number of anilines is 1. The first-order chi connectivity index (χ1) is 11.2. The number of aliphatic imine (C=N–C) groups is 1. The van der Waals surface area contributed by atoms with Crippen molar-refractivity contribution < 1.29 is 4.74 Å². The Kier molecular flexibility index (Phi) is 5.78. The van der Waals surface area contributed by atoms with Crippen LogP contribution in [0.3, 0.4) is 0 Å². The molecule has 0 aromatic heterocycles. The van der Waals surface area contributed by atoms with Gasteiger partial charge < -0.3 is 20.7 Å². The van der Waals surface area contributed by atoms with E-state index in [-0.39, 0.29) is 0 Å². The molecule has 0 unspecified atom stereocenters. The first kappa shape index (κ1) is 16.6. The molecule has 1 aromatic rings. The van der Waals surface area contributed by atoms with Crippen LogP contribution in [-0.4, -0.2) is 38.3 Å². The molecule has 23 heavy (non-hydrogen) atoms. The summed E-state index contributed by atoms with van der Waals surface area (Å²) in [6, 6.07) is 6.86. The van der Waals surface area contributed by atoms with Gasteiger partial charge in [-0.1, -0.05) is 34.8 Å². The molecule has 2 fully saturated rings. The molecule has 1 saturated heterocycles. The molecular formula is C17H25BrN4O. The zero-order valence-corrected chi connectivity index (χ0v) is 15.0. The number of hydrogen-bond acceptors (Lipinski definition) is 3. The van der Waals surface area contributed by atoms with Crippen LogP contribution in [0.2, 0.25) is 0 Å². The third-order valence-electron chi connectivity index (χ3n) is 4.53. The van der Waals surface area contributed by atoms with Crippen molar-refractivity contribution in [2.75, 3.05) is 31.2 Å². The Balaban J connectivity index is 1.68. The molecule has 126 valence electrons. The molecule has 2 aliphatic rings. The smallest absolute Gasteiger partial charge is 0.189 e. The fourth-order valence-electron chi connectivity index (χ4n) is 3.26. The second kappa shape index (κ2) is 8.02. The van der Waals surface area contributed by atoms with E-state index < -0.39 is 0 Å². The Morgan fingerprint density at radius 3 is 2.78 bits per heavy atom.